The van der Waals surface area contributed by atoms with Gasteiger partial charge < -0.3 is 14.8 Å². The van der Waals surface area contributed by atoms with E-state index in [0.717, 1.165) is 29.7 Å². The molecule has 0 atom stereocenters. The standard InChI is InChI=1S/C23H25N3O/c1-25-16-8-13-21(25)17-26(20-14-15-20)23(27)24-22(18-9-4-2-5-10-18)19-11-6-3-7-12-19/h2-13,16,20,22H,14-15,17H2,1H3,(H,24,27). The Balaban J connectivity index is 1.58. The quantitative estimate of drug-likeness (QED) is 0.692. The molecule has 3 aromatic rings. The molecule has 1 aliphatic carbocycles. The highest BCUT2D eigenvalue weighted by atomic mass is 16.2. The number of nitrogens with one attached hydrogen (secondary N) is 1. The zero-order valence-electron chi connectivity index (χ0n) is 15.6. The van der Waals surface area contributed by atoms with Crippen molar-refractivity contribution in [3.05, 3.63) is 95.8 Å². The lowest BCUT2D eigenvalue weighted by atomic mass is 9.99. The van der Waals surface area contributed by atoms with Gasteiger partial charge in [0.1, 0.15) is 0 Å². The maximum atomic E-state index is 13.2. The van der Waals surface area contributed by atoms with Gasteiger partial charge in [0.2, 0.25) is 0 Å². The van der Waals surface area contributed by atoms with Gasteiger partial charge in [0, 0.05) is 25.0 Å². The minimum atomic E-state index is -0.158. The molecule has 4 heteroatoms. The summed E-state index contributed by atoms with van der Waals surface area (Å²) in [5.74, 6) is 0. The summed E-state index contributed by atoms with van der Waals surface area (Å²) in [5, 5.41) is 3.28. The number of carbonyl (C=O) groups is 1. The number of hydrogen-bond donors (Lipinski definition) is 1. The Morgan fingerprint density at radius 2 is 1.59 bits per heavy atom. The van der Waals surface area contributed by atoms with E-state index in [0.29, 0.717) is 12.6 Å². The first kappa shape index (κ1) is 17.4. The third kappa shape index (κ3) is 4.05. The van der Waals surface area contributed by atoms with E-state index in [2.05, 4.69) is 40.2 Å². The van der Waals surface area contributed by atoms with E-state index in [-0.39, 0.29) is 12.1 Å². The predicted molar refractivity (Wildman–Crippen MR) is 107 cm³/mol. The van der Waals surface area contributed by atoms with Crippen LogP contribution in [0.15, 0.2) is 79.0 Å². The summed E-state index contributed by atoms with van der Waals surface area (Å²) in [7, 11) is 2.02. The molecule has 138 valence electrons. The Kier molecular flexibility index (Phi) is 4.97. The summed E-state index contributed by atoms with van der Waals surface area (Å²) in [6.45, 7) is 0.635. The number of nitrogens with zero attached hydrogens (tertiary/aromatic N) is 2. The van der Waals surface area contributed by atoms with Crippen molar-refractivity contribution in [1.29, 1.82) is 0 Å². The van der Waals surface area contributed by atoms with E-state index in [1.165, 1.54) is 0 Å². The highest BCUT2D eigenvalue weighted by Crippen LogP contribution is 2.30. The van der Waals surface area contributed by atoms with Crippen LogP contribution in [0, 0.1) is 0 Å². The largest absolute Gasteiger partial charge is 0.353 e. The average Bonchev–Trinajstić information content (AvgIpc) is 3.47. The lowest BCUT2D eigenvalue weighted by Gasteiger charge is -2.27. The zero-order chi connectivity index (χ0) is 18.6. The normalized spacial score (nSPS) is 13.6. The average molecular weight is 359 g/mol. The topological polar surface area (TPSA) is 37.3 Å². The van der Waals surface area contributed by atoms with E-state index < -0.39 is 0 Å². The Hall–Kier alpha value is -3.01. The number of aryl methyl sites for hydroxylation is 1. The Morgan fingerprint density at radius 1 is 1.00 bits per heavy atom. The van der Waals surface area contributed by atoms with Crippen LogP contribution in [-0.2, 0) is 13.6 Å². The highest BCUT2D eigenvalue weighted by molar-refractivity contribution is 5.76. The van der Waals surface area contributed by atoms with Crippen molar-refractivity contribution < 1.29 is 4.79 Å². The number of rotatable bonds is 6. The van der Waals surface area contributed by atoms with Gasteiger partial charge in [0.05, 0.1) is 12.6 Å². The van der Waals surface area contributed by atoms with Gasteiger partial charge in [-0.1, -0.05) is 60.7 Å². The maximum absolute atomic E-state index is 13.2. The number of carbonyl (C=O) groups excluding carboxylic acids is 1. The Morgan fingerprint density at radius 3 is 2.07 bits per heavy atom. The second-order valence-electron chi connectivity index (χ2n) is 7.17. The van der Waals surface area contributed by atoms with E-state index >= 15 is 0 Å². The molecular weight excluding hydrogens is 334 g/mol. The summed E-state index contributed by atoms with van der Waals surface area (Å²) < 4.78 is 2.08. The molecule has 0 spiro atoms. The van der Waals surface area contributed by atoms with Gasteiger partial charge in [-0.25, -0.2) is 4.79 Å². The molecule has 1 fully saturated rings. The second-order valence-corrected chi connectivity index (χ2v) is 7.17. The predicted octanol–water partition coefficient (Wildman–Crippen LogP) is 4.49. The summed E-state index contributed by atoms with van der Waals surface area (Å²) >= 11 is 0. The van der Waals surface area contributed by atoms with Gasteiger partial charge in [-0.2, -0.15) is 0 Å². The molecule has 0 unspecified atom stereocenters. The minimum Gasteiger partial charge on any atom is -0.353 e. The van der Waals surface area contributed by atoms with Gasteiger partial charge in [-0.15, -0.1) is 0 Å². The number of amides is 2. The van der Waals surface area contributed by atoms with E-state index in [4.69, 9.17) is 0 Å². The number of aromatic nitrogens is 1. The van der Waals surface area contributed by atoms with Crippen LogP contribution in [0.4, 0.5) is 4.79 Å². The fraction of sp³-hybridized carbons (Fsp3) is 0.261. The van der Waals surface area contributed by atoms with Gasteiger partial charge in [-0.05, 0) is 36.1 Å². The van der Waals surface area contributed by atoms with Crippen molar-refractivity contribution in [3.8, 4) is 0 Å². The SMILES string of the molecule is Cn1cccc1CN(C(=O)NC(c1ccccc1)c1ccccc1)C1CC1. The summed E-state index contributed by atoms with van der Waals surface area (Å²) in [6, 6.07) is 24.6. The molecule has 1 aromatic heterocycles. The van der Waals surface area contributed by atoms with Crippen LogP contribution in [0.25, 0.3) is 0 Å². The van der Waals surface area contributed by atoms with Gasteiger partial charge in [0.15, 0.2) is 0 Å². The molecule has 1 heterocycles. The monoisotopic (exact) mass is 359 g/mol. The van der Waals surface area contributed by atoms with Gasteiger partial charge in [-0.3, -0.25) is 0 Å². The first-order valence-corrected chi connectivity index (χ1v) is 9.49. The molecule has 0 aliphatic heterocycles. The molecule has 1 saturated carbocycles. The van der Waals surface area contributed by atoms with Gasteiger partial charge >= 0.3 is 6.03 Å². The number of urea groups is 1. The lowest BCUT2D eigenvalue weighted by Crippen LogP contribution is -2.43. The van der Waals surface area contributed by atoms with E-state index in [1.54, 1.807) is 0 Å². The number of hydrogen-bond acceptors (Lipinski definition) is 1. The minimum absolute atomic E-state index is 0.00333. The van der Waals surface area contributed by atoms with E-state index in [9.17, 15) is 4.79 Å². The van der Waals surface area contributed by atoms with Gasteiger partial charge in [0.25, 0.3) is 0 Å². The van der Waals surface area contributed by atoms with Crippen molar-refractivity contribution in [2.75, 3.05) is 0 Å². The first-order valence-electron chi connectivity index (χ1n) is 9.49. The van der Waals surface area contributed by atoms with Crippen molar-refractivity contribution >= 4 is 6.03 Å². The maximum Gasteiger partial charge on any atom is 0.318 e. The highest BCUT2D eigenvalue weighted by Gasteiger charge is 2.34. The molecule has 1 N–H and O–H groups in total. The van der Waals surface area contributed by atoms with Crippen LogP contribution < -0.4 is 5.32 Å². The van der Waals surface area contributed by atoms with Crippen LogP contribution in [0.5, 0.6) is 0 Å². The molecule has 4 rings (SSSR count). The molecule has 27 heavy (non-hydrogen) atoms. The first-order chi connectivity index (χ1) is 13.2. The van der Waals surface area contributed by atoms with Crippen molar-refractivity contribution in [2.45, 2.75) is 31.5 Å². The van der Waals surface area contributed by atoms with E-state index in [1.807, 2.05) is 60.6 Å². The molecule has 2 aromatic carbocycles. The fourth-order valence-electron chi connectivity index (χ4n) is 3.44. The molecule has 2 amide bonds. The summed E-state index contributed by atoms with van der Waals surface area (Å²) in [6.07, 6.45) is 4.19. The van der Waals surface area contributed by atoms with Crippen molar-refractivity contribution in [1.82, 2.24) is 14.8 Å². The van der Waals surface area contributed by atoms with Crippen LogP contribution in [0.1, 0.15) is 35.7 Å². The summed E-state index contributed by atoms with van der Waals surface area (Å²) in [4.78, 5) is 15.2. The van der Waals surface area contributed by atoms with Crippen LogP contribution in [-0.4, -0.2) is 21.5 Å². The van der Waals surface area contributed by atoms with Crippen molar-refractivity contribution in [3.63, 3.8) is 0 Å². The molecule has 0 saturated heterocycles. The van der Waals surface area contributed by atoms with Crippen LogP contribution in [0.3, 0.4) is 0 Å². The lowest BCUT2D eigenvalue weighted by molar-refractivity contribution is 0.188. The van der Waals surface area contributed by atoms with Crippen molar-refractivity contribution in [2.24, 2.45) is 7.05 Å². The fourth-order valence-corrected chi connectivity index (χ4v) is 3.44. The zero-order valence-corrected chi connectivity index (χ0v) is 15.6. The molecule has 4 nitrogen and oxygen atoms in total. The van der Waals surface area contributed by atoms with Crippen LogP contribution >= 0.6 is 0 Å². The van der Waals surface area contributed by atoms with Crippen LogP contribution in [0.2, 0.25) is 0 Å². The smallest absolute Gasteiger partial charge is 0.318 e. The summed E-state index contributed by atoms with van der Waals surface area (Å²) in [5.41, 5.74) is 3.33. The Labute approximate surface area is 160 Å². The Bertz CT molecular complexity index is 845. The third-order valence-corrected chi connectivity index (χ3v) is 5.17. The molecule has 1 aliphatic rings. The second kappa shape index (κ2) is 7.70. The number of benzene rings is 2. The molecule has 0 radical (unpaired) electrons. The molecular formula is C23H25N3O. The molecule has 0 bridgehead atoms. The third-order valence-electron chi connectivity index (χ3n) is 5.17.